The smallest absolute Gasteiger partial charge is 0.279 e. The molecule has 0 fully saturated rings. The highest BCUT2D eigenvalue weighted by Crippen LogP contribution is 2.36. The van der Waals surface area contributed by atoms with E-state index in [0.717, 1.165) is 10.2 Å². The van der Waals surface area contributed by atoms with Crippen LogP contribution in [-0.4, -0.2) is 30.1 Å². The van der Waals surface area contributed by atoms with Crippen molar-refractivity contribution >= 4 is 45.0 Å². The summed E-state index contributed by atoms with van der Waals surface area (Å²) in [6.45, 7) is -0.356. The van der Waals surface area contributed by atoms with Gasteiger partial charge in [-0.25, -0.2) is 0 Å². The van der Waals surface area contributed by atoms with Gasteiger partial charge in [-0.1, -0.05) is 35.1 Å². The van der Waals surface area contributed by atoms with Crippen LogP contribution in [-0.2, 0) is 11.8 Å². The second-order valence-corrected chi connectivity index (χ2v) is 6.99. The molecule has 0 radical (unpaired) electrons. The minimum absolute atomic E-state index is 0.120. The number of nitrogens with two attached hydrogens (primary N) is 1. The van der Waals surface area contributed by atoms with E-state index in [-0.39, 0.29) is 28.7 Å². The maximum Gasteiger partial charge on any atom is 0.279 e. The zero-order valence-corrected chi connectivity index (χ0v) is 16.1. The van der Waals surface area contributed by atoms with Crippen molar-refractivity contribution in [3.05, 3.63) is 51.8 Å². The first-order valence-electron chi connectivity index (χ1n) is 7.83. The normalized spacial score (nSPS) is 11.6. The Morgan fingerprint density at radius 3 is 2.70 bits per heavy atom. The number of amides is 2. The fraction of sp³-hybridized carbons (Fsp3) is 0.167. The van der Waals surface area contributed by atoms with Gasteiger partial charge in [0, 0.05) is 12.6 Å². The van der Waals surface area contributed by atoms with Gasteiger partial charge in [0.15, 0.2) is 22.9 Å². The fourth-order valence-electron chi connectivity index (χ4n) is 2.47. The minimum Gasteiger partial charge on any atom is -0.493 e. The number of methoxy groups -OCH3 is 1. The van der Waals surface area contributed by atoms with Crippen LogP contribution in [0, 0.1) is 0 Å². The van der Waals surface area contributed by atoms with E-state index in [9.17, 15) is 9.59 Å². The Morgan fingerprint density at radius 1 is 1.30 bits per heavy atom. The fourth-order valence-corrected chi connectivity index (χ4v) is 3.75. The summed E-state index contributed by atoms with van der Waals surface area (Å²) in [5, 5.41) is 0.120. The van der Waals surface area contributed by atoms with E-state index in [1.165, 1.54) is 30.6 Å². The summed E-state index contributed by atoms with van der Waals surface area (Å²) in [6, 6.07) is 10.7. The quantitative estimate of drug-likeness (QED) is 0.705. The Kier molecular flexibility index (Phi) is 5.48. The molecule has 3 aromatic rings. The number of thiazole rings is 1. The largest absolute Gasteiger partial charge is 0.493 e. The third-order valence-corrected chi connectivity index (χ3v) is 5.14. The third-order valence-electron chi connectivity index (χ3n) is 3.75. The van der Waals surface area contributed by atoms with Crippen LogP contribution in [0.3, 0.4) is 0 Å². The van der Waals surface area contributed by atoms with Crippen molar-refractivity contribution in [2.45, 2.75) is 0 Å². The first-order chi connectivity index (χ1) is 12.9. The standard InChI is InChI=1S/C18H16ClN3O4S/c1-22-12-5-3-4-6-14(12)27-18(22)21-17(24)10-7-11(19)16(13(8-10)25-2)26-9-15(20)23/h3-8H,9H2,1-2H3,(H2,20,23). The molecule has 0 unspecified atom stereocenters. The van der Waals surface area contributed by atoms with Crippen LogP contribution in [0.2, 0.25) is 5.02 Å². The lowest BCUT2D eigenvalue weighted by molar-refractivity contribution is -0.119. The van der Waals surface area contributed by atoms with Crippen molar-refractivity contribution in [3.63, 3.8) is 0 Å². The Balaban J connectivity index is 2.00. The Bertz CT molecular complexity index is 1100. The number of ether oxygens (including phenoxy) is 2. The van der Waals surface area contributed by atoms with Crippen molar-refractivity contribution in [2.24, 2.45) is 17.8 Å². The van der Waals surface area contributed by atoms with Crippen LogP contribution < -0.4 is 20.0 Å². The summed E-state index contributed by atoms with van der Waals surface area (Å²) in [7, 11) is 3.25. The number of primary amides is 1. The number of carbonyl (C=O) groups excluding carboxylic acids is 2. The van der Waals surface area contributed by atoms with E-state index in [1.54, 1.807) is 0 Å². The van der Waals surface area contributed by atoms with Gasteiger partial charge in [0.2, 0.25) is 0 Å². The van der Waals surface area contributed by atoms with E-state index < -0.39 is 11.8 Å². The number of fused-ring (bicyclic) bond motifs is 1. The third kappa shape index (κ3) is 3.96. The number of benzene rings is 2. The number of nitrogens with zero attached hydrogens (tertiary/aromatic N) is 2. The van der Waals surface area contributed by atoms with Crippen LogP contribution >= 0.6 is 22.9 Å². The SMILES string of the molecule is COc1cc(C(=O)N=c2sc3ccccc3n2C)cc(Cl)c1OCC(N)=O. The van der Waals surface area contributed by atoms with Gasteiger partial charge in [-0.3, -0.25) is 9.59 Å². The number of para-hydroxylation sites is 1. The second-order valence-electron chi connectivity index (χ2n) is 5.57. The molecular weight excluding hydrogens is 390 g/mol. The van der Waals surface area contributed by atoms with Crippen molar-refractivity contribution in [1.82, 2.24) is 4.57 Å². The molecule has 0 spiro atoms. The molecule has 0 atom stereocenters. The highest BCUT2D eigenvalue weighted by atomic mass is 35.5. The van der Waals surface area contributed by atoms with E-state index in [2.05, 4.69) is 4.99 Å². The van der Waals surface area contributed by atoms with Crippen LogP contribution in [0.25, 0.3) is 10.2 Å². The predicted molar refractivity (Wildman–Crippen MR) is 103 cm³/mol. The van der Waals surface area contributed by atoms with Gasteiger partial charge >= 0.3 is 0 Å². The monoisotopic (exact) mass is 405 g/mol. The summed E-state index contributed by atoms with van der Waals surface area (Å²) in [6.07, 6.45) is 0. The van der Waals surface area contributed by atoms with Gasteiger partial charge < -0.3 is 19.8 Å². The van der Waals surface area contributed by atoms with Crippen LogP contribution in [0.15, 0.2) is 41.4 Å². The number of rotatable bonds is 5. The van der Waals surface area contributed by atoms with E-state index in [0.29, 0.717) is 4.80 Å². The summed E-state index contributed by atoms with van der Waals surface area (Å²) in [4.78, 5) is 28.3. The van der Waals surface area contributed by atoms with Gasteiger partial charge in [0.05, 0.1) is 22.3 Å². The lowest BCUT2D eigenvalue weighted by Gasteiger charge is -2.12. The zero-order chi connectivity index (χ0) is 19.6. The van der Waals surface area contributed by atoms with Crippen molar-refractivity contribution in [1.29, 1.82) is 0 Å². The molecule has 1 heterocycles. The Hall–Kier alpha value is -2.84. The molecule has 0 saturated heterocycles. The first kappa shape index (κ1) is 18.9. The number of aryl methyl sites for hydroxylation is 1. The number of hydrogen-bond acceptors (Lipinski definition) is 5. The average molecular weight is 406 g/mol. The highest BCUT2D eigenvalue weighted by Gasteiger charge is 2.17. The van der Waals surface area contributed by atoms with Gasteiger partial charge in [0.25, 0.3) is 11.8 Å². The Morgan fingerprint density at radius 2 is 2.04 bits per heavy atom. The molecular formula is C18H16ClN3O4S. The predicted octanol–water partition coefficient (Wildman–Crippen LogP) is 2.51. The molecule has 27 heavy (non-hydrogen) atoms. The molecule has 0 bridgehead atoms. The van der Waals surface area contributed by atoms with E-state index >= 15 is 0 Å². The molecule has 9 heteroatoms. The van der Waals surface area contributed by atoms with Crippen molar-refractivity contribution < 1.29 is 19.1 Å². The summed E-state index contributed by atoms with van der Waals surface area (Å²) in [5.74, 6) is -0.774. The maximum absolute atomic E-state index is 12.6. The molecule has 140 valence electrons. The second kappa shape index (κ2) is 7.81. The molecule has 0 aliphatic heterocycles. The molecule has 7 nitrogen and oxygen atoms in total. The molecule has 0 aliphatic carbocycles. The molecule has 2 N–H and O–H groups in total. The van der Waals surface area contributed by atoms with Gasteiger partial charge in [-0.05, 0) is 24.3 Å². The van der Waals surface area contributed by atoms with Crippen LogP contribution in [0.1, 0.15) is 10.4 Å². The number of aromatic nitrogens is 1. The van der Waals surface area contributed by atoms with E-state index in [1.807, 2.05) is 35.9 Å². The average Bonchev–Trinajstić information content (AvgIpc) is 2.95. The van der Waals surface area contributed by atoms with Gasteiger partial charge in [-0.2, -0.15) is 4.99 Å². The summed E-state index contributed by atoms with van der Waals surface area (Å²) in [5.41, 5.74) is 6.30. The lowest BCUT2D eigenvalue weighted by atomic mass is 10.2. The maximum atomic E-state index is 12.6. The number of hydrogen-bond donors (Lipinski definition) is 1. The summed E-state index contributed by atoms with van der Waals surface area (Å²) >= 11 is 7.60. The Labute approximate surface area is 163 Å². The summed E-state index contributed by atoms with van der Waals surface area (Å²) < 4.78 is 13.3. The topological polar surface area (TPSA) is 95.9 Å². The zero-order valence-electron chi connectivity index (χ0n) is 14.6. The van der Waals surface area contributed by atoms with Crippen LogP contribution in [0.5, 0.6) is 11.5 Å². The molecule has 3 rings (SSSR count). The van der Waals surface area contributed by atoms with Crippen LogP contribution in [0.4, 0.5) is 0 Å². The molecule has 0 aliphatic rings. The van der Waals surface area contributed by atoms with Gasteiger partial charge in [0.1, 0.15) is 0 Å². The molecule has 2 amide bonds. The number of halogens is 1. The minimum atomic E-state index is -0.652. The molecule has 1 aromatic heterocycles. The first-order valence-corrected chi connectivity index (χ1v) is 9.02. The molecule has 2 aromatic carbocycles. The lowest BCUT2D eigenvalue weighted by Crippen LogP contribution is -2.20. The van der Waals surface area contributed by atoms with Crippen molar-refractivity contribution in [2.75, 3.05) is 13.7 Å². The van der Waals surface area contributed by atoms with Crippen molar-refractivity contribution in [3.8, 4) is 11.5 Å². The van der Waals surface area contributed by atoms with Gasteiger partial charge in [-0.15, -0.1) is 0 Å². The number of carbonyl (C=O) groups is 2. The van der Waals surface area contributed by atoms with E-state index in [4.69, 9.17) is 26.8 Å². The highest BCUT2D eigenvalue weighted by molar-refractivity contribution is 7.16. The molecule has 0 saturated carbocycles.